The van der Waals surface area contributed by atoms with Crippen molar-refractivity contribution < 1.29 is 4.79 Å². The standard InChI is InChI=1S/C12H10BrClN2OS/c1-16(6-9-5-8(13)7-18-9)12(17)10-3-2-4-15-11(10)14/h2-5,7H,6H2,1H3. The third kappa shape index (κ3) is 3.10. The summed E-state index contributed by atoms with van der Waals surface area (Å²) in [5, 5.41) is 2.23. The van der Waals surface area contributed by atoms with Crippen LogP contribution in [0.4, 0.5) is 0 Å². The van der Waals surface area contributed by atoms with Crippen molar-refractivity contribution in [3.8, 4) is 0 Å². The van der Waals surface area contributed by atoms with E-state index in [1.54, 1.807) is 41.6 Å². The van der Waals surface area contributed by atoms with Crippen LogP contribution in [0.2, 0.25) is 5.15 Å². The molecule has 0 bridgehead atoms. The molecule has 2 heterocycles. The van der Waals surface area contributed by atoms with Crippen LogP contribution >= 0.6 is 38.9 Å². The number of carbonyl (C=O) groups excluding carboxylic acids is 1. The molecular weight excluding hydrogens is 336 g/mol. The maximum atomic E-state index is 12.2. The summed E-state index contributed by atoms with van der Waals surface area (Å²) in [6.45, 7) is 0.556. The molecule has 0 fully saturated rings. The van der Waals surface area contributed by atoms with Crippen molar-refractivity contribution in [2.24, 2.45) is 0 Å². The highest BCUT2D eigenvalue weighted by Crippen LogP contribution is 2.22. The zero-order chi connectivity index (χ0) is 13.1. The van der Waals surface area contributed by atoms with Gasteiger partial charge in [0.15, 0.2) is 0 Å². The molecule has 94 valence electrons. The molecule has 6 heteroatoms. The quantitative estimate of drug-likeness (QED) is 0.792. The van der Waals surface area contributed by atoms with Gasteiger partial charge in [0.05, 0.1) is 12.1 Å². The van der Waals surface area contributed by atoms with Crippen molar-refractivity contribution in [2.45, 2.75) is 6.54 Å². The lowest BCUT2D eigenvalue weighted by molar-refractivity contribution is 0.0786. The lowest BCUT2D eigenvalue weighted by atomic mass is 10.2. The maximum Gasteiger partial charge on any atom is 0.257 e. The van der Waals surface area contributed by atoms with Gasteiger partial charge in [-0.05, 0) is 34.1 Å². The number of hydrogen-bond acceptors (Lipinski definition) is 3. The summed E-state index contributed by atoms with van der Waals surface area (Å²) < 4.78 is 1.03. The van der Waals surface area contributed by atoms with Crippen LogP contribution in [0, 0.1) is 0 Å². The van der Waals surface area contributed by atoms with Crippen LogP contribution in [0.5, 0.6) is 0 Å². The van der Waals surface area contributed by atoms with E-state index in [9.17, 15) is 4.79 Å². The Morgan fingerprint density at radius 3 is 3.00 bits per heavy atom. The van der Waals surface area contributed by atoms with Crippen molar-refractivity contribution in [3.63, 3.8) is 0 Å². The molecule has 2 rings (SSSR count). The summed E-state index contributed by atoms with van der Waals surface area (Å²) in [5.41, 5.74) is 0.428. The van der Waals surface area contributed by atoms with Gasteiger partial charge in [0.1, 0.15) is 5.15 Å². The normalized spacial score (nSPS) is 10.4. The van der Waals surface area contributed by atoms with E-state index in [1.807, 2.05) is 11.4 Å². The zero-order valence-electron chi connectivity index (χ0n) is 9.56. The lowest BCUT2D eigenvalue weighted by Crippen LogP contribution is -2.26. The van der Waals surface area contributed by atoms with Crippen LogP contribution in [0.3, 0.4) is 0 Å². The zero-order valence-corrected chi connectivity index (χ0v) is 12.7. The highest BCUT2D eigenvalue weighted by molar-refractivity contribution is 9.10. The molecule has 3 nitrogen and oxygen atoms in total. The molecular formula is C12H10BrClN2OS. The molecule has 0 aliphatic rings. The van der Waals surface area contributed by atoms with Gasteiger partial charge >= 0.3 is 0 Å². The van der Waals surface area contributed by atoms with Gasteiger partial charge in [0, 0.05) is 28.0 Å². The Morgan fingerprint density at radius 2 is 2.39 bits per heavy atom. The lowest BCUT2D eigenvalue weighted by Gasteiger charge is -2.16. The van der Waals surface area contributed by atoms with Crippen molar-refractivity contribution in [3.05, 3.63) is 49.8 Å². The minimum Gasteiger partial charge on any atom is -0.336 e. The molecule has 0 aliphatic heterocycles. The van der Waals surface area contributed by atoms with Crippen molar-refractivity contribution >= 4 is 44.8 Å². The summed E-state index contributed by atoms with van der Waals surface area (Å²) >= 11 is 10.9. The molecule has 0 aliphatic carbocycles. The predicted molar refractivity (Wildman–Crippen MR) is 77.1 cm³/mol. The van der Waals surface area contributed by atoms with E-state index in [1.165, 1.54) is 0 Å². The number of nitrogens with zero attached hydrogens (tertiary/aromatic N) is 2. The Labute approximate surface area is 123 Å². The van der Waals surface area contributed by atoms with Gasteiger partial charge in [-0.1, -0.05) is 11.6 Å². The molecule has 0 saturated carbocycles. The van der Waals surface area contributed by atoms with Crippen LogP contribution in [-0.4, -0.2) is 22.8 Å². The number of hydrogen-bond donors (Lipinski definition) is 0. The fourth-order valence-electron chi connectivity index (χ4n) is 1.49. The highest BCUT2D eigenvalue weighted by atomic mass is 79.9. The first-order chi connectivity index (χ1) is 8.58. The van der Waals surface area contributed by atoms with Gasteiger partial charge in [-0.2, -0.15) is 0 Å². The first-order valence-corrected chi connectivity index (χ1v) is 7.22. The molecule has 2 aromatic heterocycles. The van der Waals surface area contributed by atoms with Crippen LogP contribution < -0.4 is 0 Å². The van der Waals surface area contributed by atoms with Gasteiger partial charge in [0.25, 0.3) is 5.91 Å². The molecule has 18 heavy (non-hydrogen) atoms. The Kier molecular flexibility index (Phi) is 4.37. The van der Waals surface area contributed by atoms with E-state index >= 15 is 0 Å². The van der Waals surface area contributed by atoms with Crippen LogP contribution in [0.15, 0.2) is 34.2 Å². The third-order valence-electron chi connectivity index (χ3n) is 2.35. The Morgan fingerprint density at radius 1 is 1.61 bits per heavy atom. The van der Waals surface area contributed by atoms with E-state index < -0.39 is 0 Å². The topological polar surface area (TPSA) is 33.2 Å². The van der Waals surface area contributed by atoms with Crippen molar-refractivity contribution in [1.82, 2.24) is 9.88 Å². The summed E-state index contributed by atoms with van der Waals surface area (Å²) in [6, 6.07) is 5.38. The van der Waals surface area contributed by atoms with Crippen LogP contribution in [-0.2, 0) is 6.54 Å². The fraction of sp³-hybridized carbons (Fsp3) is 0.167. The molecule has 0 atom stereocenters. The van der Waals surface area contributed by atoms with Gasteiger partial charge in [-0.3, -0.25) is 4.79 Å². The second kappa shape index (κ2) is 5.82. The van der Waals surface area contributed by atoms with E-state index in [2.05, 4.69) is 20.9 Å². The number of pyridine rings is 1. The number of thiophene rings is 1. The summed E-state index contributed by atoms with van der Waals surface area (Å²) in [4.78, 5) is 18.8. The first kappa shape index (κ1) is 13.5. The second-order valence-electron chi connectivity index (χ2n) is 3.73. The Bertz CT molecular complexity index is 573. The van der Waals surface area contributed by atoms with Gasteiger partial charge in [-0.15, -0.1) is 11.3 Å². The molecule has 0 radical (unpaired) electrons. The average molecular weight is 346 g/mol. The van der Waals surface area contributed by atoms with Gasteiger partial charge < -0.3 is 4.90 Å². The SMILES string of the molecule is CN(Cc1cc(Br)cs1)C(=O)c1cccnc1Cl. The van der Waals surface area contributed by atoms with E-state index in [0.29, 0.717) is 12.1 Å². The van der Waals surface area contributed by atoms with E-state index in [-0.39, 0.29) is 11.1 Å². The second-order valence-corrected chi connectivity index (χ2v) is 6.00. The minimum absolute atomic E-state index is 0.127. The van der Waals surface area contributed by atoms with E-state index in [0.717, 1.165) is 9.35 Å². The van der Waals surface area contributed by atoms with E-state index in [4.69, 9.17) is 11.6 Å². The molecule has 0 aromatic carbocycles. The number of aromatic nitrogens is 1. The Balaban J connectivity index is 2.12. The number of halogens is 2. The summed E-state index contributed by atoms with van der Waals surface area (Å²) in [5.74, 6) is -0.127. The monoisotopic (exact) mass is 344 g/mol. The number of carbonyl (C=O) groups is 1. The minimum atomic E-state index is -0.127. The predicted octanol–water partition coefficient (Wildman–Crippen LogP) is 3.83. The maximum absolute atomic E-state index is 12.2. The largest absolute Gasteiger partial charge is 0.336 e. The van der Waals surface area contributed by atoms with Crippen LogP contribution in [0.1, 0.15) is 15.2 Å². The summed E-state index contributed by atoms with van der Waals surface area (Å²) in [6.07, 6.45) is 1.56. The highest BCUT2D eigenvalue weighted by Gasteiger charge is 2.16. The molecule has 0 saturated heterocycles. The first-order valence-electron chi connectivity index (χ1n) is 5.17. The van der Waals surface area contributed by atoms with Gasteiger partial charge in [-0.25, -0.2) is 4.98 Å². The number of rotatable bonds is 3. The van der Waals surface area contributed by atoms with Gasteiger partial charge in [0.2, 0.25) is 0 Å². The third-order valence-corrected chi connectivity index (χ3v) is 4.33. The number of amides is 1. The fourth-order valence-corrected chi connectivity index (χ4v) is 3.20. The molecule has 0 N–H and O–H groups in total. The summed E-state index contributed by atoms with van der Waals surface area (Å²) in [7, 11) is 1.75. The molecule has 1 amide bonds. The smallest absolute Gasteiger partial charge is 0.257 e. The molecule has 0 spiro atoms. The Hall–Kier alpha value is -0.910. The molecule has 0 unspecified atom stereocenters. The van der Waals surface area contributed by atoms with Crippen molar-refractivity contribution in [1.29, 1.82) is 0 Å². The molecule has 2 aromatic rings. The van der Waals surface area contributed by atoms with Crippen LogP contribution in [0.25, 0.3) is 0 Å². The average Bonchev–Trinajstić information content (AvgIpc) is 2.74. The van der Waals surface area contributed by atoms with Crippen molar-refractivity contribution in [2.75, 3.05) is 7.05 Å².